The van der Waals surface area contributed by atoms with Crippen molar-refractivity contribution in [2.24, 2.45) is 5.41 Å². The lowest BCUT2D eigenvalue weighted by Gasteiger charge is -2.25. The zero-order chi connectivity index (χ0) is 11.9. The zero-order valence-electron chi connectivity index (χ0n) is 10.0. The van der Waals surface area contributed by atoms with E-state index in [1.165, 1.54) is 6.26 Å². The van der Waals surface area contributed by atoms with Crippen molar-refractivity contribution in [1.82, 2.24) is 5.32 Å². The van der Waals surface area contributed by atoms with Crippen molar-refractivity contribution >= 4 is 9.84 Å². The number of hydrogen-bond donors (Lipinski definition) is 1. The van der Waals surface area contributed by atoms with Crippen molar-refractivity contribution in [2.45, 2.75) is 26.7 Å². The zero-order valence-corrected chi connectivity index (χ0v) is 10.9. The molecule has 0 fully saturated rings. The van der Waals surface area contributed by atoms with Gasteiger partial charge in [-0.2, -0.15) is 0 Å². The predicted octanol–water partition coefficient (Wildman–Crippen LogP) is 1.61. The number of hydrogen-bond acceptors (Lipinski definition) is 3. The summed E-state index contributed by atoms with van der Waals surface area (Å²) in [5.74, 6) is 0.226. The molecule has 0 rings (SSSR count). The van der Waals surface area contributed by atoms with Gasteiger partial charge in [0.05, 0.1) is 5.75 Å². The van der Waals surface area contributed by atoms with Crippen LogP contribution < -0.4 is 5.32 Å². The lowest BCUT2D eigenvalue weighted by atomic mass is 9.88. The van der Waals surface area contributed by atoms with Crippen LogP contribution in [0, 0.1) is 5.41 Å². The summed E-state index contributed by atoms with van der Waals surface area (Å²) >= 11 is 0. The molecule has 0 aromatic rings. The summed E-state index contributed by atoms with van der Waals surface area (Å²) in [7, 11) is -2.87. The molecule has 15 heavy (non-hydrogen) atoms. The molecule has 0 aliphatic rings. The summed E-state index contributed by atoms with van der Waals surface area (Å²) in [5, 5.41) is 3.30. The first-order valence-electron chi connectivity index (χ1n) is 5.35. The first kappa shape index (κ1) is 14.6. The van der Waals surface area contributed by atoms with Gasteiger partial charge in [0.15, 0.2) is 0 Å². The first-order valence-corrected chi connectivity index (χ1v) is 7.41. The third kappa shape index (κ3) is 7.56. The maximum absolute atomic E-state index is 11.1. The molecule has 1 N–H and O–H groups in total. The highest BCUT2D eigenvalue weighted by Crippen LogP contribution is 2.22. The maximum Gasteiger partial charge on any atom is 0.147 e. The number of rotatable bonds is 8. The van der Waals surface area contributed by atoms with Crippen molar-refractivity contribution in [3.63, 3.8) is 0 Å². The van der Waals surface area contributed by atoms with Gasteiger partial charge in [-0.3, -0.25) is 0 Å². The summed E-state index contributed by atoms with van der Waals surface area (Å²) in [6.45, 7) is 9.67. The minimum Gasteiger partial charge on any atom is -0.316 e. The molecule has 0 spiro atoms. The second-order valence-electron chi connectivity index (χ2n) is 4.41. The van der Waals surface area contributed by atoms with E-state index in [2.05, 4.69) is 18.8 Å². The highest BCUT2D eigenvalue weighted by molar-refractivity contribution is 7.90. The average molecular weight is 233 g/mol. The molecule has 0 heterocycles. The molecule has 0 saturated heterocycles. The van der Waals surface area contributed by atoms with Gasteiger partial charge in [0.1, 0.15) is 9.84 Å². The Morgan fingerprint density at radius 1 is 1.47 bits per heavy atom. The minimum atomic E-state index is -2.87. The molecule has 0 aromatic carbocycles. The number of sulfone groups is 1. The van der Waals surface area contributed by atoms with Crippen LogP contribution in [0.25, 0.3) is 0 Å². The highest BCUT2D eigenvalue weighted by Gasteiger charge is 2.21. The number of nitrogens with one attached hydrogen (secondary N) is 1. The van der Waals surface area contributed by atoms with E-state index in [0.29, 0.717) is 6.42 Å². The summed E-state index contributed by atoms with van der Waals surface area (Å²) in [6, 6.07) is 0. The largest absolute Gasteiger partial charge is 0.316 e. The van der Waals surface area contributed by atoms with Crippen molar-refractivity contribution in [3.8, 4) is 0 Å². The van der Waals surface area contributed by atoms with E-state index in [0.717, 1.165) is 19.5 Å². The molecule has 0 aliphatic heterocycles. The fraction of sp³-hybridized carbons (Fsp3) is 0.818. The Kier molecular flexibility index (Phi) is 6.13. The molecule has 0 radical (unpaired) electrons. The Hall–Kier alpha value is -0.350. The smallest absolute Gasteiger partial charge is 0.147 e. The third-order valence-electron chi connectivity index (χ3n) is 2.49. The van der Waals surface area contributed by atoms with Gasteiger partial charge in [-0.15, -0.1) is 6.58 Å². The first-order chi connectivity index (χ1) is 6.83. The van der Waals surface area contributed by atoms with E-state index in [4.69, 9.17) is 0 Å². The molecule has 0 bridgehead atoms. The van der Waals surface area contributed by atoms with Crippen LogP contribution in [0.1, 0.15) is 26.7 Å². The van der Waals surface area contributed by atoms with Gasteiger partial charge in [0.25, 0.3) is 0 Å². The van der Waals surface area contributed by atoms with E-state index < -0.39 is 9.84 Å². The highest BCUT2D eigenvalue weighted by atomic mass is 32.2. The van der Waals surface area contributed by atoms with Gasteiger partial charge < -0.3 is 5.32 Å². The van der Waals surface area contributed by atoms with E-state index in [1.54, 1.807) is 0 Å². The monoisotopic (exact) mass is 233 g/mol. The van der Waals surface area contributed by atoms with Crippen molar-refractivity contribution in [2.75, 3.05) is 25.1 Å². The van der Waals surface area contributed by atoms with E-state index in [-0.39, 0.29) is 11.2 Å². The molecule has 1 atom stereocenters. The van der Waals surface area contributed by atoms with Crippen LogP contribution in [0.2, 0.25) is 0 Å². The van der Waals surface area contributed by atoms with Crippen LogP contribution in [0.4, 0.5) is 0 Å². The van der Waals surface area contributed by atoms with Gasteiger partial charge in [0, 0.05) is 12.8 Å². The SMILES string of the molecule is C=CC(C)(CCS(C)(=O)=O)CNCCC. The Morgan fingerprint density at radius 3 is 2.47 bits per heavy atom. The Balaban J connectivity index is 4.13. The molecular formula is C11H23NO2S. The summed E-state index contributed by atoms with van der Waals surface area (Å²) in [4.78, 5) is 0. The van der Waals surface area contributed by atoms with Gasteiger partial charge in [-0.1, -0.05) is 19.9 Å². The molecule has 0 saturated carbocycles. The molecular weight excluding hydrogens is 210 g/mol. The predicted molar refractivity (Wildman–Crippen MR) is 65.8 cm³/mol. The van der Waals surface area contributed by atoms with E-state index >= 15 is 0 Å². The van der Waals surface area contributed by atoms with E-state index in [1.807, 2.05) is 13.0 Å². The second-order valence-corrected chi connectivity index (χ2v) is 6.67. The minimum absolute atomic E-state index is 0.127. The molecule has 0 aliphatic carbocycles. The van der Waals surface area contributed by atoms with Crippen LogP contribution >= 0.6 is 0 Å². The summed E-state index contributed by atoms with van der Waals surface area (Å²) < 4.78 is 22.1. The van der Waals surface area contributed by atoms with Crippen molar-refractivity contribution < 1.29 is 8.42 Å². The Morgan fingerprint density at radius 2 is 2.07 bits per heavy atom. The van der Waals surface area contributed by atoms with Crippen LogP contribution in [-0.4, -0.2) is 33.5 Å². The normalized spacial score (nSPS) is 15.9. The fourth-order valence-electron chi connectivity index (χ4n) is 1.23. The summed E-state index contributed by atoms with van der Waals surface area (Å²) in [6.07, 6.45) is 4.84. The molecule has 3 nitrogen and oxygen atoms in total. The lowest BCUT2D eigenvalue weighted by molar-refractivity contribution is 0.381. The molecule has 0 aromatic heterocycles. The molecule has 4 heteroatoms. The summed E-state index contributed by atoms with van der Waals surface area (Å²) in [5.41, 5.74) is -0.127. The van der Waals surface area contributed by atoms with Gasteiger partial charge in [0.2, 0.25) is 0 Å². The fourth-order valence-corrected chi connectivity index (χ4v) is 2.07. The maximum atomic E-state index is 11.1. The quantitative estimate of drug-likeness (QED) is 0.512. The lowest BCUT2D eigenvalue weighted by Crippen LogP contribution is -2.32. The van der Waals surface area contributed by atoms with Crippen LogP contribution in [-0.2, 0) is 9.84 Å². The van der Waals surface area contributed by atoms with Gasteiger partial charge in [-0.25, -0.2) is 8.42 Å². The van der Waals surface area contributed by atoms with Crippen molar-refractivity contribution in [1.29, 1.82) is 0 Å². The van der Waals surface area contributed by atoms with E-state index in [9.17, 15) is 8.42 Å². The molecule has 1 unspecified atom stereocenters. The third-order valence-corrected chi connectivity index (χ3v) is 3.44. The van der Waals surface area contributed by atoms with Crippen molar-refractivity contribution in [3.05, 3.63) is 12.7 Å². The second kappa shape index (κ2) is 6.28. The molecule has 90 valence electrons. The average Bonchev–Trinajstić information content (AvgIpc) is 2.14. The van der Waals surface area contributed by atoms with Gasteiger partial charge in [-0.05, 0) is 24.8 Å². The van der Waals surface area contributed by atoms with Crippen LogP contribution in [0.3, 0.4) is 0 Å². The topological polar surface area (TPSA) is 46.2 Å². The standard InChI is InChI=1S/C11H23NO2S/c1-5-8-12-10-11(3,6-2)7-9-15(4,13)14/h6,12H,2,5,7-10H2,1,3-4H3. The Bertz CT molecular complexity index is 285. The van der Waals surface area contributed by atoms with Crippen LogP contribution in [0.15, 0.2) is 12.7 Å². The molecule has 0 amide bonds. The Labute approximate surface area is 93.9 Å². The van der Waals surface area contributed by atoms with Gasteiger partial charge >= 0.3 is 0 Å². The van der Waals surface area contributed by atoms with Crippen LogP contribution in [0.5, 0.6) is 0 Å².